The Morgan fingerprint density at radius 1 is 0.906 bits per heavy atom. The molecule has 0 saturated carbocycles. The van der Waals surface area contributed by atoms with Gasteiger partial charge < -0.3 is 10.2 Å². The van der Waals surface area contributed by atoms with Crippen molar-refractivity contribution in [3.8, 4) is 0 Å². The van der Waals surface area contributed by atoms with Crippen molar-refractivity contribution in [1.82, 2.24) is 4.98 Å². The van der Waals surface area contributed by atoms with E-state index in [2.05, 4.69) is 19.9 Å². The minimum absolute atomic E-state index is 0.0554. The highest BCUT2D eigenvalue weighted by molar-refractivity contribution is 7.92. The van der Waals surface area contributed by atoms with Gasteiger partial charge in [0.15, 0.2) is 0 Å². The number of carbonyl (C=O) groups excluding carboxylic acids is 1. The lowest BCUT2D eigenvalue weighted by atomic mass is 10.1. The largest absolute Gasteiger partial charge is 0.370 e. The molecule has 0 aliphatic carbocycles. The number of rotatable bonds is 6. The first kappa shape index (κ1) is 22.1. The van der Waals surface area contributed by atoms with Gasteiger partial charge in [0.1, 0.15) is 0 Å². The standard InChI is InChI=1S/C23H23ClN4O3S/c24-21-16-19(6-9-22(21)28-14-2-1-3-15-28)26-23(29)17-4-7-20(8-5-17)32(30,31)27-18-10-12-25-13-11-18/h4-13,16H,1-3,14-15H2,(H,25,27)(H,26,29). The van der Waals surface area contributed by atoms with Crippen molar-refractivity contribution in [3.63, 3.8) is 0 Å². The summed E-state index contributed by atoms with van der Waals surface area (Å²) < 4.78 is 27.5. The van der Waals surface area contributed by atoms with Gasteiger partial charge in [0.25, 0.3) is 15.9 Å². The zero-order valence-electron chi connectivity index (χ0n) is 17.3. The molecule has 1 amide bonds. The summed E-state index contributed by atoms with van der Waals surface area (Å²) in [5.41, 5.74) is 2.30. The van der Waals surface area contributed by atoms with E-state index in [-0.39, 0.29) is 10.8 Å². The van der Waals surface area contributed by atoms with E-state index in [0.717, 1.165) is 31.6 Å². The Labute approximate surface area is 192 Å². The fourth-order valence-corrected chi connectivity index (χ4v) is 4.96. The summed E-state index contributed by atoms with van der Waals surface area (Å²) in [5.74, 6) is -0.349. The zero-order valence-corrected chi connectivity index (χ0v) is 18.9. The number of pyridine rings is 1. The molecule has 0 bridgehead atoms. The van der Waals surface area contributed by atoms with Gasteiger partial charge in [0.05, 0.1) is 21.3 Å². The van der Waals surface area contributed by atoms with Crippen molar-refractivity contribution in [1.29, 1.82) is 0 Å². The molecule has 1 saturated heterocycles. The van der Waals surface area contributed by atoms with Crippen molar-refractivity contribution < 1.29 is 13.2 Å². The Balaban J connectivity index is 1.43. The summed E-state index contributed by atoms with van der Waals surface area (Å²) in [7, 11) is -3.77. The average molecular weight is 471 g/mol. The van der Waals surface area contributed by atoms with E-state index in [0.29, 0.717) is 22.0 Å². The Bertz CT molecular complexity index is 1200. The van der Waals surface area contributed by atoms with Gasteiger partial charge in [-0.3, -0.25) is 14.5 Å². The van der Waals surface area contributed by atoms with E-state index in [9.17, 15) is 13.2 Å². The number of anilines is 3. The summed E-state index contributed by atoms with van der Waals surface area (Å²) in [4.78, 5) is 18.8. The number of nitrogens with one attached hydrogen (secondary N) is 2. The topological polar surface area (TPSA) is 91.4 Å². The molecule has 1 aliphatic rings. The number of hydrogen-bond acceptors (Lipinski definition) is 5. The summed E-state index contributed by atoms with van der Waals surface area (Å²) in [6.07, 6.45) is 6.53. The van der Waals surface area contributed by atoms with Crippen molar-refractivity contribution in [2.24, 2.45) is 0 Å². The molecule has 2 heterocycles. The van der Waals surface area contributed by atoms with Crippen LogP contribution in [0.5, 0.6) is 0 Å². The molecule has 7 nitrogen and oxygen atoms in total. The van der Waals surface area contributed by atoms with E-state index in [1.807, 2.05) is 12.1 Å². The first-order valence-corrected chi connectivity index (χ1v) is 12.2. The summed E-state index contributed by atoms with van der Waals surface area (Å²) in [6, 6.07) is 14.3. The minimum Gasteiger partial charge on any atom is -0.370 e. The molecule has 0 atom stereocenters. The molecule has 0 unspecified atom stereocenters. The SMILES string of the molecule is O=C(Nc1ccc(N2CCCCC2)c(Cl)c1)c1ccc(S(=O)(=O)Nc2ccncc2)cc1. The Kier molecular flexibility index (Phi) is 6.62. The van der Waals surface area contributed by atoms with Crippen molar-refractivity contribution in [3.05, 3.63) is 77.6 Å². The van der Waals surface area contributed by atoms with Crippen LogP contribution >= 0.6 is 11.6 Å². The molecule has 2 N–H and O–H groups in total. The average Bonchev–Trinajstić information content (AvgIpc) is 2.80. The van der Waals surface area contributed by atoms with E-state index in [1.54, 1.807) is 18.2 Å². The van der Waals surface area contributed by atoms with Crippen LogP contribution in [0.1, 0.15) is 29.6 Å². The molecular weight excluding hydrogens is 448 g/mol. The van der Waals surface area contributed by atoms with Crippen LogP contribution in [0.15, 0.2) is 71.9 Å². The highest BCUT2D eigenvalue weighted by Gasteiger charge is 2.17. The van der Waals surface area contributed by atoms with Gasteiger partial charge in [-0.1, -0.05) is 11.6 Å². The molecule has 2 aromatic carbocycles. The van der Waals surface area contributed by atoms with E-state index in [4.69, 9.17) is 11.6 Å². The maximum Gasteiger partial charge on any atom is 0.261 e. The van der Waals surface area contributed by atoms with Crippen LogP contribution in [0.25, 0.3) is 0 Å². The molecule has 1 aromatic heterocycles. The normalized spacial score (nSPS) is 14.1. The van der Waals surface area contributed by atoms with Gasteiger partial charge in [0, 0.05) is 36.7 Å². The van der Waals surface area contributed by atoms with Crippen molar-refractivity contribution in [2.45, 2.75) is 24.2 Å². The van der Waals surface area contributed by atoms with Crippen LogP contribution in [0, 0.1) is 0 Å². The van der Waals surface area contributed by atoms with Gasteiger partial charge >= 0.3 is 0 Å². The predicted molar refractivity (Wildman–Crippen MR) is 127 cm³/mol. The minimum atomic E-state index is -3.77. The third-order valence-corrected chi connectivity index (χ3v) is 6.96. The lowest BCUT2D eigenvalue weighted by Gasteiger charge is -2.29. The lowest BCUT2D eigenvalue weighted by Crippen LogP contribution is -2.29. The van der Waals surface area contributed by atoms with Gasteiger partial charge in [-0.2, -0.15) is 0 Å². The molecule has 0 radical (unpaired) electrons. The Hall–Kier alpha value is -3.10. The lowest BCUT2D eigenvalue weighted by molar-refractivity contribution is 0.102. The third-order valence-electron chi connectivity index (χ3n) is 5.26. The molecule has 9 heteroatoms. The highest BCUT2D eigenvalue weighted by Crippen LogP contribution is 2.31. The van der Waals surface area contributed by atoms with Crippen LogP contribution in [0.4, 0.5) is 17.1 Å². The fourth-order valence-electron chi connectivity index (χ4n) is 3.60. The molecule has 32 heavy (non-hydrogen) atoms. The smallest absolute Gasteiger partial charge is 0.261 e. The number of nitrogens with zero attached hydrogens (tertiary/aromatic N) is 2. The van der Waals surface area contributed by atoms with Crippen LogP contribution < -0.4 is 14.9 Å². The molecular formula is C23H23ClN4O3S. The maximum atomic E-state index is 12.6. The summed E-state index contributed by atoms with van der Waals surface area (Å²) in [5, 5.41) is 3.40. The number of halogens is 1. The van der Waals surface area contributed by atoms with Gasteiger partial charge in [-0.05, 0) is 73.9 Å². The number of aromatic nitrogens is 1. The maximum absolute atomic E-state index is 12.6. The van der Waals surface area contributed by atoms with E-state index < -0.39 is 10.0 Å². The second kappa shape index (κ2) is 9.58. The summed E-state index contributed by atoms with van der Waals surface area (Å²) >= 11 is 6.46. The molecule has 4 rings (SSSR count). The second-order valence-electron chi connectivity index (χ2n) is 7.53. The molecule has 0 spiro atoms. The molecule has 166 valence electrons. The van der Waals surface area contributed by atoms with E-state index >= 15 is 0 Å². The Morgan fingerprint density at radius 3 is 2.25 bits per heavy atom. The quantitative estimate of drug-likeness (QED) is 0.541. The molecule has 1 aliphatic heterocycles. The molecule has 3 aromatic rings. The van der Waals surface area contributed by atoms with Crippen LogP contribution in [-0.4, -0.2) is 32.4 Å². The fraction of sp³-hybridized carbons (Fsp3) is 0.217. The predicted octanol–water partition coefficient (Wildman–Crippen LogP) is 4.78. The highest BCUT2D eigenvalue weighted by atomic mass is 35.5. The van der Waals surface area contributed by atoms with Gasteiger partial charge in [-0.15, -0.1) is 0 Å². The van der Waals surface area contributed by atoms with Crippen molar-refractivity contribution in [2.75, 3.05) is 28.0 Å². The van der Waals surface area contributed by atoms with Crippen LogP contribution in [0.2, 0.25) is 5.02 Å². The number of piperidine rings is 1. The zero-order chi connectivity index (χ0) is 22.6. The molecule has 1 fully saturated rings. The monoisotopic (exact) mass is 470 g/mol. The van der Waals surface area contributed by atoms with Crippen molar-refractivity contribution >= 4 is 44.6 Å². The number of hydrogen-bond donors (Lipinski definition) is 2. The number of sulfonamides is 1. The van der Waals surface area contributed by atoms with Gasteiger partial charge in [-0.25, -0.2) is 8.42 Å². The number of amides is 1. The summed E-state index contributed by atoms with van der Waals surface area (Å²) in [6.45, 7) is 1.97. The van der Waals surface area contributed by atoms with E-state index in [1.165, 1.54) is 43.1 Å². The number of carbonyl (C=O) groups is 1. The number of benzene rings is 2. The van der Waals surface area contributed by atoms with Crippen LogP contribution in [-0.2, 0) is 10.0 Å². The first-order chi connectivity index (χ1) is 15.4. The Morgan fingerprint density at radius 2 is 1.59 bits per heavy atom. The van der Waals surface area contributed by atoms with Crippen LogP contribution in [0.3, 0.4) is 0 Å². The first-order valence-electron chi connectivity index (χ1n) is 10.3. The third kappa shape index (κ3) is 5.20. The second-order valence-corrected chi connectivity index (χ2v) is 9.62. The van der Waals surface area contributed by atoms with Gasteiger partial charge in [0.2, 0.25) is 0 Å².